The number of hydrogen-bond acceptors (Lipinski definition) is 5. The molecule has 1 saturated heterocycles. The molecular weight excluding hydrogens is 328 g/mol. The van der Waals surface area contributed by atoms with Gasteiger partial charge in [-0.2, -0.15) is 0 Å². The van der Waals surface area contributed by atoms with Crippen LogP contribution in [0.5, 0.6) is 17.2 Å². The summed E-state index contributed by atoms with van der Waals surface area (Å²) in [5.41, 5.74) is 2.43. The molecule has 0 amide bonds. The van der Waals surface area contributed by atoms with E-state index in [4.69, 9.17) is 14.2 Å². The summed E-state index contributed by atoms with van der Waals surface area (Å²) in [5.74, 6) is 2.62. The molecule has 4 rings (SSSR count). The van der Waals surface area contributed by atoms with Gasteiger partial charge in [-0.1, -0.05) is 6.07 Å². The largest absolute Gasteiger partial charge is 0.497 e. The number of nitrogens with one attached hydrogen (secondary N) is 1. The molecule has 138 valence electrons. The molecule has 1 fully saturated rings. The van der Waals surface area contributed by atoms with Gasteiger partial charge < -0.3 is 19.5 Å². The second-order valence-corrected chi connectivity index (χ2v) is 6.93. The number of fused-ring (bicyclic) bond motifs is 1. The number of ether oxygens (including phenoxy) is 3. The van der Waals surface area contributed by atoms with Gasteiger partial charge in [-0.05, 0) is 61.3 Å². The molecule has 2 aliphatic heterocycles. The van der Waals surface area contributed by atoms with Crippen LogP contribution in [-0.2, 0) is 6.54 Å². The monoisotopic (exact) mass is 354 g/mol. The predicted octanol–water partition coefficient (Wildman–Crippen LogP) is 3.54. The molecule has 2 aromatic rings. The smallest absolute Gasteiger partial charge is 0.161 e. The quantitative estimate of drug-likeness (QED) is 0.890. The van der Waals surface area contributed by atoms with Crippen LogP contribution in [0.4, 0.5) is 5.69 Å². The lowest BCUT2D eigenvalue weighted by Crippen LogP contribution is -2.41. The molecule has 2 aliphatic rings. The Hall–Kier alpha value is -2.40. The molecule has 1 atom stereocenters. The second kappa shape index (κ2) is 7.87. The minimum Gasteiger partial charge on any atom is -0.497 e. The first kappa shape index (κ1) is 17.0. The highest BCUT2D eigenvalue weighted by Crippen LogP contribution is 2.31. The maximum atomic E-state index is 5.71. The first-order chi connectivity index (χ1) is 12.8. The highest BCUT2D eigenvalue weighted by atomic mass is 16.6. The fourth-order valence-electron chi connectivity index (χ4n) is 3.68. The Bertz CT molecular complexity index is 733. The SMILES string of the molecule is COc1ccc(NC2CCCN(Cc3ccc4c(c3)OCCO4)C2)cc1. The third kappa shape index (κ3) is 4.05. The summed E-state index contributed by atoms with van der Waals surface area (Å²) in [7, 11) is 1.69. The highest BCUT2D eigenvalue weighted by Gasteiger charge is 2.21. The van der Waals surface area contributed by atoms with Crippen LogP contribution in [0.2, 0.25) is 0 Å². The minimum atomic E-state index is 0.467. The van der Waals surface area contributed by atoms with Gasteiger partial charge in [0, 0.05) is 24.8 Å². The lowest BCUT2D eigenvalue weighted by Gasteiger charge is -2.34. The minimum absolute atomic E-state index is 0.467. The van der Waals surface area contributed by atoms with Crippen molar-refractivity contribution in [3.05, 3.63) is 48.0 Å². The van der Waals surface area contributed by atoms with E-state index >= 15 is 0 Å². The Morgan fingerprint density at radius 3 is 2.69 bits per heavy atom. The third-order valence-corrected chi connectivity index (χ3v) is 4.98. The van der Waals surface area contributed by atoms with Crippen molar-refractivity contribution >= 4 is 5.69 Å². The van der Waals surface area contributed by atoms with Gasteiger partial charge in [-0.3, -0.25) is 4.90 Å². The van der Waals surface area contributed by atoms with E-state index in [-0.39, 0.29) is 0 Å². The molecule has 0 aliphatic carbocycles. The molecule has 0 spiro atoms. The molecular formula is C21H26N2O3. The van der Waals surface area contributed by atoms with E-state index in [0.717, 1.165) is 42.6 Å². The first-order valence-corrected chi connectivity index (χ1v) is 9.31. The van der Waals surface area contributed by atoms with E-state index in [1.165, 1.54) is 18.4 Å². The Labute approximate surface area is 154 Å². The zero-order valence-corrected chi connectivity index (χ0v) is 15.2. The number of rotatable bonds is 5. The predicted molar refractivity (Wildman–Crippen MR) is 102 cm³/mol. The van der Waals surface area contributed by atoms with Crippen LogP contribution in [0.1, 0.15) is 18.4 Å². The maximum Gasteiger partial charge on any atom is 0.161 e. The van der Waals surface area contributed by atoms with Gasteiger partial charge in [0.1, 0.15) is 19.0 Å². The molecule has 5 heteroatoms. The van der Waals surface area contributed by atoms with Crippen LogP contribution in [0.25, 0.3) is 0 Å². The molecule has 5 nitrogen and oxygen atoms in total. The van der Waals surface area contributed by atoms with Crippen molar-refractivity contribution in [1.82, 2.24) is 4.90 Å². The number of anilines is 1. The summed E-state index contributed by atoms with van der Waals surface area (Å²) < 4.78 is 16.5. The van der Waals surface area contributed by atoms with E-state index < -0.39 is 0 Å². The summed E-state index contributed by atoms with van der Waals surface area (Å²) in [6.45, 7) is 4.39. The fourth-order valence-corrected chi connectivity index (χ4v) is 3.68. The van der Waals surface area contributed by atoms with Gasteiger partial charge in [0.2, 0.25) is 0 Å². The van der Waals surface area contributed by atoms with Crippen LogP contribution in [-0.4, -0.2) is 44.4 Å². The topological polar surface area (TPSA) is 43.0 Å². The van der Waals surface area contributed by atoms with Crippen LogP contribution < -0.4 is 19.5 Å². The third-order valence-electron chi connectivity index (χ3n) is 4.98. The van der Waals surface area contributed by atoms with Gasteiger partial charge >= 0.3 is 0 Å². The van der Waals surface area contributed by atoms with Gasteiger partial charge in [0.25, 0.3) is 0 Å². The average molecular weight is 354 g/mol. The number of benzene rings is 2. The van der Waals surface area contributed by atoms with Gasteiger partial charge in [0.05, 0.1) is 7.11 Å². The van der Waals surface area contributed by atoms with Gasteiger partial charge in [0.15, 0.2) is 11.5 Å². The maximum absolute atomic E-state index is 5.71. The Kier molecular flexibility index (Phi) is 5.16. The van der Waals surface area contributed by atoms with Crippen molar-refractivity contribution in [2.75, 3.05) is 38.7 Å². The van der Waals surface area contributed by atoms with Crippen molar-refractivity contribution < 1.29 is 14.2 Å². The molecule has 2 heterocycles. The van der Waals surface area contributed by atoms with Crippen molar-refractivity contribution in [1.29, 1.82) is 0 Å². The molecule has 0 aromatic heterocycles. The van der Waals surface area contributed by atoms with E-state index in [2.05, 4.69) is 34.5 Å². The van der Waals surface area contributed by atoms with Crippen LogP contribution in [0.15, 0.2) is 42.5 Å². The average Bonchev–Trinajstić information content (AvgIpc) is 2.69. The van der Waals surface area contributed by atoms with Crippen molar-refractivity contribution in [3.63, 3.8) is 0 Å². The van der Waals surface area contributed by atoms with E-state index in [0.29, 0.717) is 19.3 Å². The number of likely N-dealkylation sites (tertiary alicyclic amines) is 1. The Balaban J connectivity index is 1.35. The zero-order chi connectivity index (χ0) is 17.8. The fraction of sp³-hybridized carbons (Fsp3) is 0.429. The number of nitrogens with zero attached hydrogens (tertiary/aromatic N) is 1. The Morgan fingerprint density at radius 1 is 1.08 bits per heavy atom. The summed E-state index contributed by atoms with van der Waals surface area (Å²) in [5, 5.41) is 3.66. The molecule has 0 radical (unpaired) electrons. The molecule has 26 heavy (non-hydrogen) atoms. The van der Waals surface area contributed by atoms with E-state index in [1.54, 1.807) is 7.11 Å². The lowest BCUT2D eigenvalue weighted by atomic mass is 10.0. The van der Waals surface area contributed by atoms with Gasteiger partial charge in [-0.25, -0.2) is 0 Å². The number of hydrogen-bond donors (Lipinski definition) is 1. The van der Waals surface area contributed by atoms with Crippen LogP contribution in [0.3, 0.4) is 0 Å². The molecule has 0 bridgehead atoms. The normalized spacial score (nSPS) is 19.8. The summed E-state index contributed by atoms with van der Waals surface area (Å²) in [6, 6.07) is 14.9. The summed E-state index contributed by atoms with van der Waals surface area (Å²) >= 11 is 0. The second-order valence-electron chi connectivity index (χ2n) is 6.93. The van der Waals surface area contributed by atoms with Crippen molar-refractivity contribution in [2.24, 2.45) is 0 Å². The van der Waals surface area contributed by atoms with E-state index in [1.807, 2.05) is 18.2 Å². The molecule has 0 saturated carbocycles. The highest BCUT2D eigenvalue weighted by molar-refractivity contribution is 5.47. The lowest BCUT2D eigenvalue weighted by molar-refractivity contribution is 0.170. The van der Waals surface area contributed by atoms with Crippen molar-refractivity contribution in [2.45, 2.75) is 25.4 Å². The Morgan fingerprint density at radius 2 is 1.88 bits per heavy atom. The molecule has 1 unspecified atom stereocenters. The first-order valence-electron chi connectivity index (χ1n) is 9.31. The van der Waals surface area contributed by atoms with Gasteiger partial charge in [-0.15, -0.1) is 0 Å². The van der Waals surface area contributed by atoms with Crippen molar-refractivity contribution in [3.8, 4) is 17.2 Å². The van der Waals surface area contributed by atoms with Crippen LogP contribution >= 0.6 is 0 Å². The summed E-state index contributed by atoms with van der Waals surface area (Å²) in [6.07, 6.45) is 2.40. The van der Waals surface area contributed by atoms with E-state index in [9.17, 15) is 0 Å². The summed E-state index contributed by atoms with van der Waals surface area (Å²) in [4.78, 5) is 2.51. The molecule has 1 N–H and O–H groups in total. The number of methoxy groups -OCH3 is 1. The molecule has 2 aromatic carbocycles. The standard InChI is InChI=1S/C21H26N2O3/c1-24-19-7-5-17(6-8-19)22-18-3-2-10-23(15-18)14-16-4-9-20-21(13-16)26-12-11-25-20/h4-9,13,18,22H,2-3,10-12,14-15H2,1H3. The van der Waals surface area contributed by atoms with Crippen LogP contribution in [0, 0.1) is 0 Å². The zero-order valence-electron chi connectivity index (χ0n) is 15.2. The number of piperidine rings is 1.